The summed E-state index contributed by atoms with van der Waals surface area (Å²) in [6.45, 7) is 4.89. The van der Waals surface area contributed by atoms with Gasteiger partial charge in [-0.05, 0) is 32.6 Å². The van der Waals surface area contributed by atoms with Gasteiger partial charge in [-0.15, -0.1) is 0 Å². The predicted molar refractivity (Wildman–Crippen MR) is 86.3 cm³/mol. The van der Waals surface area contributed by atoms with E-state index in [9.17, 15) is 8.42 Å². The van der Waals surface area contributed by atoms with Gasteiger partial charge in [0, 0.05) is 37.9 Å². The van der Waals surface area contributed by atoms with Gasteiger partial charge in [-0.1, -0.05) is 6.42 Å². The lowest BCUT2D eigenvalue weighted by Gasteiger charge is -2.36. The van der Waals surface area contributed by atoms with Gasteiger partial charge in [0.25, 0.3) is 0 Å². The summed E-state index contributed by atoms with van der Waals surface area (Å²) in [6.07, 6.45) is 7.87. The highest BCUT2D eigenvalue weighted by atomic mass is 32.2. The first kappa shape index (κ1) is 15.7. The molecule has 0 unspecified atom stereocenters. The lowest BCUT2D eigenvalue weighted by molar-refractivity contribution is 0.338. The molecular weight excluding hydrogens is 300 g/mol. The number of hydrogen-bond acceptors (Lipinski definition) is 5. The molecule has 2 saturated heterocycles. The maximum atomic E-state index is 12.7. The average Bonchev–Trinajstić information content (AvgIpc) is 2.56. The Bertz CT molecular complexity index is 606. The highest BCUT2D eigenvalue weighted by molar-refractivity contribution is 7.89. The monoisotopic (exact) mass is 324 g/mol. The number of hydrogen-bond donors (Lipinski definition) is 0. The van der Waals surface area contributed by atoms with Crippen molar-refractivity contribution in [3.05, 3.63) is 18.1 Å². The smallest absolute Gasteiger partial charge is 0.217 e. The minimum atomic E-state index is -3.13. The summed E-state index contributed by atoms with van der Waals surface area (Å²) < 4.78 is 27.2. The first-order chi connectivity index (χ1) is 10.6. The van der Waals surface area contributed by atoms with Crippen LogP contribution in [0.4, 0.5) is 5.82 Å². The molecule has 0 radical (unpaired) electrons. The van der Waals surface area contributed by atoms with Gasteiger partial charge in [0.05, 0.1) is 5.25 Å². The summed E-state index contributed by atoms with van der Waals surface area (Å²) in [5.74, 6) is 0.934. The van der Waals surface area contributed by atoms with Crippen LogP contribution in [-0.2, 0) is 10.0 Å². The molecule has 0 aromatic carbocycles. The SMILES string of the molecule is Cc1cncnc1N1CCC(S(=O)(=O)N2CCCCC2)CC1. The molecule has 2 aliphatic rings. The number of piperidine rings is 2. The van der Waals surface area contributed by atoms with Crippen molar-refractivity contribution in [2.45, 2.75) is 44.3 Å². The van der Waals surface area contributed by atoms with E-state index in [0.29, 0.717) is 25.9 Å². The van der Waals surface area contributed by atoms with Crippen LogP contribution in [0.2, 0.25) is 0 Å². The molecule has 3 rings (SSSR count). The molecule has 2 aliphatic heterocycles. The minimum Gasteiger partial charge on any atom is -0.356 e. The van der Waals surface area contributed by atoms with Crippen molar-refractivity contribution in [1.29, 1.82) is 0 Å². The van der Waals surface area contributed by atoms with Crippen molar-refractivity contribution in [2.24, 2.45) is 0 Å². The van der Waals surface area contributed by atoms with E-state index in [4.69, 9.17) is 0 Å². The Morgan fingerprint density at radius 2 is 1.77 bits per heavy atom. The Morgan fingerprint density at radius 3 is 2.41 bits per heavy atom. The van der Waals surface area contributed by atoms with Crippen molar-refractivity contribution in [3.63, 3.8) is 0 Å². The number of sulfonamides is 1. The fraction of sp³-hybridized carbons (Fsp3) is 0.733. The lowest BCUT2D eigenvalue weighted by Crippen LogP contribution is -2.47. The van der Waals surface area contributed by atoms with E-state index in [1.54, 1.807) is 16.8 Å². The fourth-order valence-corrected chi connectivity index (χ4v) is 5.41. The quantitative estimate of drug-likeness (QED) is 0.844. The van der Waals surface area contributed by atoms with Gasteiger partial charge < -0.3 is 4.90 Å². The van der Waals surface area contributed by atoms with Gasteiger partial charge >= 0.3 is 0 Å². The van der Waals surface area contributed by atoms with Crippen LogP contribution in [0.1, 0.15) is 37.7 Å². The molecule has 7 heteroatoms. The number of aryl methyl sites for hydroxylation is 1. The van der Waals surface area contributed by atoms with Crippen LogP contribution in [0.5, 0.6) is 0 Å². The standard InChI is InChI=1S/C15H24N4O2S/c1-13-11-16-12-17-15(13)18-9-5-14(6-10-18)22(20,21)19-7-3-2-4-8-19/h11-12,14H,2-10H2,1H3. The Hall–Kier alpha value is -1.21. The third-order valence-electron chi connectivity index (χ3n) is 4.71. The van der Waals surface area contributed by atoms with Gasteiger partial charge in [-0.25, -0.2) is 22.7 Å². The van der Waals surface area contributed by atoms with Crippen molar-refractivity contribution < 1.29 is 8.42 Å². The van der Waals surface area contributed by atoms with Crippen LogP contribution < -0.4 is 4.90 Å². The van der Waals surface area contributed by atoms with Crippen LogP contribution >= 0.6 is 0 Å². The molecule has 0 aliphatic carbocycles. The molecule has 0 atom stereocenters. The highest BCUT2D eigenvalue weighted by Crippen LogP contribution is 2.26. The number of anilines is 1. The second kappa shape index (κ2) is 6.50. The van der Waals surface area contributed by atoms with Gasteiger partial charge in [-0.2, -0.15) is 0 Å². The zero-order chi connectivity index (χ0) is 15.6. The summed E-state index contributed by atoms with van der Waals surface area (Å²) in [5, 5.41) is -0.232. The van der Waals surface area contributed by atoms with E-state index in [1.807, 2.05) is 6.92 Å². The summed E-state index contributed by atoms with van der Waals surface area (Å²) in [5.41, 5.74) is 1.04. The second-order valence-electron chi connectivity index (χ2n) is 6.22. The third kappa shape index (κ3) is 3.10. The number of rotatable bonds is 3. The summed E-state index contributed by atoms with van der Waals surface area (Å²) >= 11 is 0. The molecule has 6 nitrogen and oxygen atoms in total. The van der Waals surface area contributed by atoms with Crippen molar-refractivity contribution in [1.82, 2.24) is 14.3 Å². The van der Waals surface area contributed by atoms with E-state index >= 15 is 0 Å². The average molecular weight is 324 g/mol. The lowest BCUT2D eigenvalue weighted by atomic mass is 10.1. The molecule has 0 N–H and O–H groups in total. The van der Waals surface area contributed by atoms with Crippen LogP contribution in [0, 0.1) is 6.92 Å². The normalized spacial score (nSPS) is 22.0. The van der Waals surface area contributed by atoms with Gasteiger partial charge in [0.15, 0.2) is 0 Å². The Morgan fingerprint density at radius 1 is 1.09 bits per heavy atom. The largest absolute Gasteiger partial charge is 0.356 e. The van der Waals surface area contributed by atoms with Gasteiger partial charge in [-0.3, -0.25) is 0 Å². The predicted octanol–water partition coefficient (Wildman–Crippen LogP) is 1.57. The topological polar surface area (TPSA) is 66.4 Å². The maximum Gasteiger partial charge on any atom is 0.217 e. The van der Waals surface area contributed by atoms with Crippen molar-refractivity contribution in [2.75, 3.05) is 31.1 Å². The number of aromatic nitrogens is 2. The summed E-state index contributed by atoms with van der Waals surface area (Å²) in [4.78, 5) is 10.5. The van der Waals surface area contributed by atoms with Crippen molar-refractivity contribution >= 4 is 15.8 Å². The van der Waals surface area contributed by atoms with E-state index in [2.05, 4.69) is 14.9 Å². The van der Waals surface area contributed by atoms with Gasteiger partial charge in [0.1, 0.15) is 12.1 Å². The molecule has 22 heavy (non-hydrogen) atoms. The molecule has 0 bridgehead atoms. The molecular formula is C15H24N4O2S. The highest BCUT2D eigenvalue weighted by Gasteiger charge is 2.35. The van der Waals surface area contributed by atoms with Crippen LogP contribution in [0.3, 0.4) is 0 Å². The van der Waals surface area contributed by atoms with Gasteiger partial charge in [0.2, 0.25) is 10.0 Å². The Labute approximate surface area is 132 Å². The molecule has 1 aromatic rings. The van der Waals surface area contributed by atoms with Crippen LogP contribution in [0.25, 0.3) is 0 Å². The molecule has 0 saturated carbocycles. The molecule has 3 heterocycles. The van der Waals surface area contributed by atoms with E-state index in [-0.39, 0.29) is 5.25 Å². The number of nitrogens with zero attached hydrogens (tertiary/aromatic N) is 4. The molecule has 0 spiro atoms. The summed E-state index contributed by atoms with van der Waals surface area (Å²) in [7, 11) is -3.13. The van der Waals surface area contributed by atoms with E-state index in [0.717, 1.165) is 43.7 Å². The van der Waals surface area contributed by atoms with E-state index in [1.165, 1.54) is 0 Å². The zero-order valence-electron chi connectivity index (χ0n) is 13.1. The molecule has 1 aromatic heterocycles. The third-order valence-corrected chi connectivity index (χ3v) is 7.10. The minimum absolute atomic E-state index is 0.232. The Kier molecular flexibility index (Phi) is 4.63. The fourth-order valence-electron chi connectivity index (χ4n) is 3.42. The molecule has 0 amide bonds. The van der Waals surface area contributed by atoms with Crippen molar-refractivity contribution in [3.8, 4) is 0 Å². The summed E-state index contributed by atoms with van der Waals surface area (Å²) in [6, 6.07) is 0. The van der Waals surface area contributed by atoms with Crippen LogP contribution in [0.15, 0.2) is 12.5 Å². The first-order valence-electron chi connectivity index (χ1n) is 8.09. The van der Waals surface area contributed by atoms with Crippen LogP contribution in [-0.4, -0.2) is 54.1 Å². The van der Waals surface area contributed by atoms with E-state index < -0.39 is 10.0 Å². The maximum absolute atomic E-state index is 12.7. The first-order valence-corrected chi connectivity index (χ1v) is 9.60. The Balaban J connectivity index is 1.65. The second-order valence-corrected chi connectivity index (χ2v) is 8.43. The molecule has 122 valence electrons. The zero-order valence-corrected chi connectivity index (χ0v) is 13.9. The molecule has 2 fully saturated rings.